The molecule has 2 aromatic rings. The van der Waals surface area contributed by atoms with E-state index in [9.17, 15) is 4.79 Å². The smallest absolute Gasteiger partial charge is 0.220 e. The van der Waals surface area contributed by atoms with Gasteiger partial charge in [0.1, 0.15) is 0 Å². The fraction of sp³-hybridized carbons (Fsp3) is 0.231. The lowest BCUT2D eigenvalue weighted by Gasteiger charge is -2.05. The van der Waals surface area contributed by atoms with Gasteiger partial charge in [-0.1, -0.05) is 29.8 Å². The van der Waals surface area contributed by atoms with E-state index in [4.69, 9.17) is 11.6 Å². The molecule has 0 unspecified atom stereocenters. The molecule has 0 aliphatic rings. The van der Waals surface area contributed by atoms with Crippen LogP contribution in [0.2, 0.25) is 5.02 Å². The van der Waals surface area contributed by atoms with Gasteiger partial charge in [0, 0.05) is 17.6 Å². The summed E-state index contributed by atoms with van der Waals surface area (Å²) in [7, 11) is 0. The Morgan fingerprint density at radius 3 is 2.94 bits per heavy atom. The number of hydrogen-bond donors (Lipinski definition) is 2. The number of nitrogens with zero attached hydrogens (tertiary/aromatic N) is 1. The molecule has 1 aromatic carbocycles. The third kappa shape index (κ3) is 3.60. The number of carbonyl (C=O) groups is 1. The molecule has 94 valence electrons. The maximum atomic E-state index is 11.6. The summed E-state index contributed by atoms with van der Waals surface area (Å²) in [6, 6.07) is 7.57. The van der Waals surface area contributed by atoms with E-state index in [1.54, 1.807) is 12.5 Å². The van der Waals surface area contributed by atoms with E-state index < -0.39 is 0 Å². The highest BCUT2D eigenvalue weighted by atomic mass is 35.5. The molecule has 0 fully saturated rings. The van der Waals surface area contributed by atoms with E-state index in [0.717, 1.165) is 11.3 Å². The fourth-order valence-corrected chi connectivity index (χ4v) is 1.84. The van der Waals surface area contributed by atoms with Crippen molar-refractivity contribution in [3.63, 3.8) is 0 Å². The van der Waals surface area contributed by atoms with Crippen molar-refractivity contribution < 1.29 is 4.79 Å². The van der Waals surface area contributed by atoms with Gasteiger partial charge >= 0.3 is 0 Å². The minimum Gasteiger partial charge on any atom is -0.350 e. The highest BCUT2D eigenvalue weighted by Gasteiger charge is 2.04. The predicted molar refractivity (Wildman–Crippen MR) is 70.2 cm³/mol. The van der Waals surface area contributed by atoms with Crippen LogP contribution in [0.4, 0.5) is 0 Å². The molecule has 1 aromatic heterocycles. The molecule has 2 rings (SSSR count). The van der Waals surface area contributed by atoms with Crippen LogP contribution < -0.4 is 5.32 Å². The first kappa shape index (κ1) is 12.6. The van der Waals surface area contributed by atoms with Crippen LogP contribution in [0, 0.1) is 0 Å². The summed E-state index contributed by atoms with van der Waals surface area (Å²) < 4.78 is 0. The van der Waals surface area contributed by atoms with Crippen molar-refractivity contribution in [2.45, 2.75) is 19.4 Å². The Bertz CT molecular complexity index is 511. The molecular weight excluding hydrogens is 250 g/mol. The molecular formula is C13H14ClN3O. The second kappa shape index (κ2) is 6.21. The Morgan fingerprint density at radius 1 is 1.39 bits per heavy atom. The van der Waals surface area contributed by atoms with Crippen molar-refractivity contribution in [1.82, 2.24) is 15.3 Å². The third-order valence-corrected chi connectivity index (χ3v) is 2.98. The number of rotatable bonds is 5. The number of aryl methyl sites for hydroxylation is 1. The van der Waals surface area contributed by atoms with Crippen molar-refractivity contribution in [2.24, 2.45) is 0 Å². The van der Waals surface area contributed by atoms with Crippen molar-refractivity contribution in [3.05, 3.63) is 53.1 Å². The number of H-pyrrole nitrogens is 1. The summed E-state index contributed by atoms with van der Waals surface area (Å²) in [4.78, 5) is 18.4. The molecule has 0 atom stereocenters. The van der Waals surface area contributed by atoms with Gasteiger partial charge in [-0.25, -0.2) is 4.98 Å². The molecule has 5 heteroatoms. The average Bonchev–Trinajstić information content (AvgIpc) is 2.88. The van der Waals surface area contributed by atoms with E-state index in [-0.39, 0.29) is 5.91 Å². The number of nitrogens with one attached hydrogen (secondary N) is 2. The second-order valence-corrected chi connectivity index (χ2v) is 4.35. The lowest BCUT2D eigenvalue weighted by Crippen LogP contribution is -2.23. The summed E-state index contributed by atoms with van der Waals surface area (Å²) in [6.45, 7) is 0.474. The quantitative estimate of drug-likeness (QED) is 0.870. The Kier molecular flexibility index (Phi) is 4.36. The number of imidazole rings is 1. The van der Waals surface area contributed by atoms with Crippen LogP contribution in [0.5, 0.6) is 0 Å². The Balaban J connectivity index is 1.77. The van der Waals surface area contributed by atoms with Gasteiger partial charge in [0.15, 0.2) is 0 Å². The number of hydrogen-bond acceptors (Lipinski definition) is 2. The zero-order valence-electron chi connectivity index (χ0n) is 9.82. The van der Waals surface area contributed by atoms with Crippen molar-refractivity contribution in [3.8, 4) is 0 Å². The SMILES string of the molecule is O=C(CCc1ccccc1Cl)NCc1cnc[nH]1. The molecule has 0 bridgehead atoms. The lowest BCUT2D eigenvalue weighted by molar-refractivity contribution is -0.121. The number of carbonyl (C=O) groups excluding carboxylic acids is 1. The maximum absolute atomic E-state index is 11.6. The number of benzene rings is 1. The molecule has 0 radical (unpaired) electrons. The van der Waals surface area contributed by atoms with Crippen LogP contribution in [0.25, 0.3) is 0 Å². The van der Waals surface area contributed by atoms with Crippen LogP contribution in [-0.2, 0) is 17.8 Å². The maximum Gasteiger partial charge on any atom is 0.220 e. The summed E-state index contributed by atoms with van der Waals surface area (Å²) in [5.74, 6) is 0.00418. The molecule has 0 aliphatic heterocycles. The normalized spacial score (nSPS) is 10.3. The number of aromatic nitrogens is 2. The van der Waals surface area contributed by atoms with Crippen LogP contribution in [0.3, 0.4) is 0 Å². The van der Waals surface area contributed by atoms with Crippen molar-refractivity contribution in [1.29, 1.82) is 0 Å². The second-order valence-electron chi connectivity index (χ2n) is 3.94. The average molecular weight is 264 g/mol. The van der Waals surface area contributed by atoms with Gasteiger partial charge in [0.25, 0.3) is 0 Å². The van der Waals surface area contributed by atoms with Gasteiger partial charge in [-0.2, -0.15) is 0 Å². The molecule has 0 saturated carbocycles. The largest absolute Gasteiger partial charge is 0.350 e. The molecule has 4 nitrogen and oxygen atoms in total. The van der Waals surface area contributed by atoms with Crippen molar-refractivity contribution in [2.75, 3.05) is 0 Å². The molecule has 0 saturated heterocycles. The van der Waals surface area contributed by atoms with E-state index in [0.29, 0.717) is 24.4 Å². The number of halogens is 1. The lowest BCUT2D eigenvalue weighted by atomic mass is 10.1. The van der Waals surface area contributed by atoms with Crippen LogP contribution >= 0.6 is 11.6 Å². The zero-order valence-corrected chi connectivity index (χ0v) is 10.6. The van der Waals surface area contributed by atoms with E-state index in [2.05, 4.69) is 15.3 Å². The first-order chi connectivity index (χ1) is 8.75. The van der Waals surface area contributed by atoms with Gasteiger partial charge in [0.2, 0.25) is 5.91 Å². The van der Waals surface area contributed by atoms with Gasteiger partial charge in [-0.05, 0) is 18.1 Å². The monoisotopic (exact) mass is 263 g/mol. The molecule has 1 heterocycles. The van der Waals surface area contributed by atoms with E-state index in [1.807, 2.05) is 24.3 Å². The topological polar surface area (TPSA) is 57.8 Å². The van der Waals surface area contributed by atoms with Crippen LogP contribution in [0.1, 0.15) is 17.7 Å². The van der Waals surface area contributed by atoms with Crippen molar-refractivity contribution >= 4 is 17.5 Å². The Hall–Kier alpha value is -1.81. The standard InChI is InChI=1S/C13H14ClN3O/c14-12-4-2-1-3-10(12)5-6-13(18)16-8-11-7-15-9-17-11/h1-4,7,9H,5-6,8H2,(H,15,17)(H,16,18). The predicted octanol–water partition coefficient (Wildman–Crippen LogP) is 2.31. The number of aromatic amines is 1. The van der Waals surface area contributed by atoms with Gasteiger partial charge in [0.05, 0.1) is 18.6 Å². The van der Waals surface area contributed by atoms with E-state index in [1.165, 1.54) is 0 Å². The first-order valence-electron chi connectivity index (χ1n) is 5.73. The highest BCUT2D eigenvalue weighted by Crippen LogP contribution is 2.16. The van der Waals surface area contributed by atoms with Gasteiger partial charge in [-0.3, -0.25) is 4.79 Å². The van der Waals surface area contributed by atoms with Crippen LogP contribution in [-0.4, -0.2) is 15.9 Å². The van der Waals surface area contributed by atoms with Gasteiger partial charge < -0.3 is 10.3 Å². The molecule has 0 aliphatic carbocycles. The van der Waals surface area contributed by atoms with Crippen LogP contribution in [0.15, 0.2) is 36.8 Å². The zero-order chi connectivity index (χ0) is 12.8. The minimum absolute atomic E-state index is 0.00418. The van der Waals surface area contributed by atoms with Gasteiger partial charge in [-0.15, -0.1) is 0 Å². The molecule has 1 amide bonds. The number of amides is 1. The molecule has 0 spiro atoms. The summed E-state index contributed by atoms with van der Waals surface area (Å²) >= 11 is 6.02. The Labute approximate surface area is 110 Å². The summed E-state index contributed by atoms with van der Waals surface area (Å²) in [5.41, 5.74) is 1.89. The fourth-order valence-electron chi connectivity index (χ4n) is 1.61. The minimum atomic E-state index is 0.00418. The molecule has 18 heavy (non-hydrogen) atoms. The summed E-state index contributed by atoms with van der Waals surface area (Å²) in [5, 5.41) is 3.53. The highest BCUT2D eigenvalue weighted by molar-refractivity contribution is 6.31. The first-order valence-corrected chi connectivity index (χ1v) is 6.11. The third-order valence-electron chi connectivity index (χ3n) is 2.61. The van der Waals surface area contributed by atoms with E-state index >= 15 is 0 Å². The summed E-state index contributed by atoms with van der Waals surface area (Å²) in [6.07, 6.45) is 4.35. The molecule has 2 N–H and O–H groups in total. The Morgan fingerprint density at radius 2 is 2.22 bits per heavy atom.